The van der Waals surface area contributed by atoms with Crippen LogP contribution in [0.5, 0.6) is 0 Å². The van der Waals surface area contributed by atoms with Crippen LogP contribution >= 0.6 is 24.0 Å². The van der Waals surface area contributed by atoms with Crippen molar-refractivity contribution < 1.29 is 5.11 Å². The van der Waals surface area contributed by atoms with Crippen LogP contribution in [0.4, 0.5) is 0 Å². The summed E-state index contributed by atoms with van der Waals surface area (Å²) in [6.45, 7) is 4.22. The summed E-state index contributed by atoms with van der Waals surface area (Å²) in [5, 5.41) is 9.34. The molecule has 1 aliphatic rings. The Morgan fingerprint density at radius 1 is 1.69 bits per heavy atom. The molecular formula is C8H18IN3O. The van der Waals surface area contributed by atoms with Gasteiger partial charge in [-0.3, -0.25) is 4.99 Å². The van der Waals surface area contributed by atoms with E-state index in [2.05, 4.69) is 4.99 Å². The third kappa shape index (κ3) is 4.12. The molecule has 5 heteroatoms. The zero-order valence-electron chi connectivity index (χ0n) is 7.94. The van der Waals surface area contributed by atoms with E-state index in [1.165, 1.54) is 0 Å². The monoisotopic (exact) mass is 299 g/mol. The van der Waals surface area contributed by atoms with Gasteiger partial charge in [-0.15, -0.1) is 24.0 Å². The maximum Gasteiger partial charge on any atom is 0.191 e. The predicted molar refractivity (Wildman–Crippen MR) is 64.4 cm³/mol. The Morgan fingerprint density at radius 2 is 2.38 bits per heavy atom. The first-order chi connectivity index (χ1) is 5.74. The molecule has 1 rings (SSSR count). The lowest BCUT2D eigenvalue weighted by Gasteiger charge is -2.30. The fourth-order valence-corrected chi connectivity index (χ4v) is 1.42. The van der Waals surface area contributed by atoms with Gasteiger partial charge < -0.3 is 15.7 Å². The second-order valence-corrected chi connectivity index (χ2v) is 3.07. The maximum atomic E-state index is 9.34. The molecule has 1 unspecified atom stereocenters. The van der Waals surface area contributed by atoms with Crippen LogP contribution in [0.1, 0.15) is 19.8 Å². The summed E-state index contributed by atoms with van der Waals surface area (Å²) in [4.78, 5) is 6.03. The van der Waals surface area contributed by atoms with Gasteiger partial charge in [0.2, 0.25) is 0 Å². The average molecular weight is 299 g/mol. The van der Waals surface area contributed by atoms with Crippen LogP contribution in [0.25, 0.3) is 0 Å². The van der Waals surface area contributed by atoms with Crippen LogP contribution in [-0.4, -0.2) is 41.7 Å². The molecule has 13 heavy (non-hydrogen) atoms. The molecule has 0 spiro atoms. The van der Waals surface area contributed by atoms with Crippen molar-refractivity contribution in [3.63, 3.8) is 0 Å². The molecule has 78 valence electrons. The zero-order chi connectivity index (χ0) is 8.97. The van der Waals surface area contributed by atoms with Crippen molar-refractivity contribution in [3.05, 3.63) is 0 Å². The van der Waals surface area contributed by atoms with Crippen LogP contribution in [0, 0.1) is 0 Å². The van der Waals surface area contributed by atoms with Gasteiger partial charge >= 0.3 is 0 Å². The van der Waals surface area contributed by atoms with Gasteiger partial charge in [0.15, 0.2) is 5.96 Å². The number of likely N-dealkylation sites (tertiary alicyclic amines) is 1. The summed E-state index contributed by atoms with van der Waals surface area (Å²) < 4.78 is 0. The van der Waals surface area contributed by atoms with Crippen molar-refractivity contribution in [2.24, 2.45) is 10.7 Å². The molecule has 0 aromatic rings. The van der Waals surface area contributed by atoms with Gasteiger partial charge in [0.05, 0.1) is 6.10 Å². The molecule has 0 amide bonds. The zero-order valence-corrected chi connectivity index (χ0v) is 10.3. The van der Waals surface area contributed by atoms with Crippen molar-refractivity contribution in [1.82, 2.24) is 4.90 Å². The van der Waals surface area contributed by atoms with Crippen molar-refractivity contribution in [2.75, 3.05) is 19.6 Å². The summed E-state index contributed by atoms with van der Waals surface area (Å²) in [6.07, 6.45) is 1.65. The first kappa shape index (κ1) is 13.0. The quantitative estimate of drug-likeness (QED) is 0.418. The largest absolute Gasteiger partial charge is 0.391 e. The normalized spacial score (nSPS) is 24.0. The molecule has 1 atom stereocenters. The second kappa shape index (κ2) is 6.42. The highest BCUT2D eigenvalue weighted by atomic mass is 127. The van der Waals surface area contributed by atoms with Gasteiger partial charge in [-0.25, -0.2) is 0 Å². The average Bonchev–Trinajstić information content (AvgIpc) is 2.05. The highest BCUT2D eigenvalue weighted by Crippen LogP contribution is 2.08. The number of aliphatic hydroxyl groups excluding tert-OH is 1. The minimum atomic E-state index is -0.232. The van der Waals surface area contributed by atoms with E-state index in [1.54, 1.807) is 0 Å². The standard InChI is InChI=1S/C8H17N3O.HI/c1-2-10-8(9)11-5-3-4-7(12)6-11;/h7,12H,2-6H2,1H3,(H2,9,10);1H. The minimum absolute atomic E-state index is 0. The van der Waals surface area contributed by atoms with Gasteiger partial charge in [-0.2, -0.15) is 0 Å². The lowest BCUT2D eigenvalue weighted by molar-refractivity contribution is 0.102. The molecule has 1 fully saturated rings. The second-order valence-electron chi connectivity index (χ2n) is 3.07. The predicted octanol–water partition coefficient (Wildman–Crippen LogP) is 0.396. The van der Waals surface area contributed by atoms with E-state index in [4.69, 9.17) is 5.73 Å². The number of halogens is 1. The van der Waals surface area contributed by atoms with Gasteiger partial charge in [-0.05, 0) is 19.8 Å². The first-order valence-corrected chi connectivity index (χ1v) is 4.47. The van der Waals surface area contributed by atoms with Gasteiger partial charge in [0.1, 0.15) is 0 Å². The Morgan fingerprint density at radius 3 is 2.92 bits per heavy atom. The number of aliphatic imine (C=N–C) groups is 1. The number of rotatable bonds is 1. The molecule has 1 saturated heterocycles. The highest BCUT2D eigenvalue weighted by Gasteiger charge is 2.18. The van der Waals surface area contributed by atoms with E-state index < -0.39 is 0 Å². The number of hydrogen-bond acceptors (Lipinski definition) is 2. The van der Waals surface area contributed by atoms with Crippen molar-refractivity contribution >= 4 is 29.9 Å². The summed E-state index contributed by atoms with van der Waals surface area (Å²) >= 11 is 0. The molecule has 1 aliphatic heterocycles. The molecule has 0 aromatic carbocycles. The summed E-state index contributed by atoms with van der Waals surface area (Å²) in [5.41, 5.74) is 5.69. The Hall–Kier alpha value is -0.0400. The van der Waals surface area contributed by atoms with Crippen molar-refractivity contribution in [1.29, 1.82) is 0 Å². The molecule has 1 heterocycles. The minimum Gasteiger partial charge on any atom is -0.391 e. The number of hydrogen-bond donors (Lipinski definition) is 2. The number of piperidine rings is 1. The van der Waals surface area contributed by atoms with Crippen LogP contribution in [-0.2, 0) is 0 Å². The van der Waals surface area contributed by atoms with Gasteiger partial charge in [0, 0.05) is 19.6 Å². The molecule has 0 radical (unpaired) electrons. The summed E-state index contributed by atoms with van der Waals surface area (Å²) in [5.74, 6) is 0.566. The Labute approximate surface area is 96.2 Å². The van der Waals surface area contributed by atoms with Gasteiger partial charge in [-0.1, -0.05) is 0 Å². The molecule has 3 N–H and O–H groups in total. The van der Waals surface area contributed by atoms with Crippen LogP contribution < -0.4 is 5.73 Å². The van der Waals surface area contributed by atoms with Crippen molar-refractivity contribution in [2.45, 2.75) is 25.9 Å². The molecular weight excluding hydrogens is 281 g/mol. The summed E-state index contributed by atoms with van der Waals surface area (Å²) in [6, 6.07) is 0. The van der Waals surface area contributed by atoms with Crippen LogP contribution in [0.3, 0.4) is 0 Å². The smallest absolute Gasteiger partial charge is 0.191 e. The third-order valence-electron chi connectivity index (χ3n) is 2.04. The molecule has 0 aromatic heterocycles. The number of guanidine groups is 1. The SMILES string of the molecule is CCN=C(N)N1CCCC(O)C1.I. The number of nitrogens with zero attached hydrogens (tertiary/aromatic N) is 2. The number of nitrogens with two attached hydrogens (primary N) is 1. The van der Waals surface area contributed by atoms with Crippen LogP contribution in [0.2, 0.25) is 0 Å². The maximum absolute atomic E-state index is 9.34. The molecule has 0 aliphatic carbocycles. The van der Waals surface area contributed by atoms with E-state index in [-0.39, 0.29) is 30.1 Å². The van der Waals surface area contributed by atoms with Crippen molar-refractivity contribution in [3.8, 4) is 0 Å². The van der Waals surface area contributed by atoms with E-state index in [0.29, 0.717) is 19.0 Å². The fourth-order valence-electron chi connectivity index (χ4n) is 1.42. The Balaban J connectivity index is 0.00000144. The van der Waals surface area contributed by atoms with Crippen LogP contribution in [0.15, 0.2) is 4.99 Å². The lowest BCUT2D eigenvalue weighted by Crippen LogP contribution is -2.45. The number of aliphatic hydroxyl groups is 1. The fraction of sp³-hybridized carbons (Fsp3) is 0.875. The van der Waals surface area contributed by atoms with E-state index in [0.717, 1.165) is 19.4 Å². The molecule has 0 bridgehead atoms. The summed E-state index contributed by atoms with van der Waals surface area (Å²) in [7, 11) is 0. The lowest BCUT2D eigenvalue weighted by atomic mass is 10.1. The molecule has 0 saturated carbocycles. The Bertz CT molecular complexity index is 175. The molecule has 4 nitrogen and oxygen atoms in total. The first-order valence-electron chi connectivity index (χ1n) is 4.47. The number of β-amino-alcohol motifs (C(OH)–C–C–N with tert-alkyl or cyclic N) is 1. The van der Waals surface area contributed by atoms with E-state index in [1.807, 2.05) is 11.8 Å². The van der Waals surface area contributed by atoms with E-state index in [9.17, 15) is 5.11 Å². The third-order valence-corrected chi connectivity index (χ3v) is 2.04. The Kier molecular flexibility index (Phi) is 6.40. The van der Waals surface area contributed by atoms with Gasteiger partial charge in [0.25, 0.3) is 0 Å². The highest BCUT2D eigenvalue weighted by molar-refractivity contribution is 14.0. The van der Waals surface area contributed by atoms with E-state index >= 15 is 0 Å². The topological polar surface area (TPSA) is 61.8 Å².